The summed E-state index contributed by atoms with van der Waals surface area (Å²) < 4.78 is 2.96. The van der Waals surface area contributed by atoms with Gasteiger partial charge in [-0.1, -0.05) is 69.0 Å². The molecule has 0 aliphatic carbocycles. The van der Waals surface area contributed by atoms with Crippen LogP contribution in [0.2, 0.25) is 0 Å². The third-order valence-electron chi connectivity index (χ3n) is 3.17. The highest BCUT2D eigenvalue weighted by molar-refractivity contribution is 5.63. The van der Waals surface area contributed by atoms with Crippen molar-refractivity contribution < 1.29 is 31.1 Å². The molecule has 2 aromatic carbocycles. The molecule has 0 heterocycles. The molecule has 0 aliphatic heterocycles. The maximum Gasteiger partial charge on any atom is 0.357 e. The molecule has 0 unspecified atom stereocenters. The summed E-state index contributed by atoms with van der Waals surface area (Å²) in [6, 6.07) is 21.4. The molecule has 0 saturated heterocycles. The molecule has 0 atom stereocenters. The van der Waals surface area contributed by atoms with Crippen molar-refractivity contribution in [2.24, 2.45) is 0 Å². The highest BCUT2D eigenvalue weighted by Gasteiger charge is 2.12. The average Bonchev–Trinajstić information content (AvgIpc) is 2.57. The first-order valence-corrected chi connectivity index (χ1v) is 10.3. The Kier molecular flexibility index (Phi) is 11.2. The monoisotopic (exact) mass is 424 g/mol. The minimum atomic E-state index is -0.920. The summed E-state index contributed by atoms with van der Waals surface area (Å²) in [5, 5.41) is 9.92. The lowest BCUT2D eigenvalue weighted by molar-refractivity contribution is -0.597. The van der Waals surface area contributed by atoms with Crippen LogP contribution in [0.3, 0.4) is 0 Å². The lowest BCUT2D eigenvalue weighted by Gasteiger charge is -2.00. The van der Waals surface area contributed by atoms with Crippen molar-refractivity contribution in [2.45, 2.75) is 45.4 Å². The van der Waals surface area contributed by atoms with Crippen molar-refractivity contribution in [3.8, 4) is 0 Å². The Bertz CT molecular complexity index is 488. The van der Waals surface area contributed by atoms with Crippen molar-refractivity contribution in [3.05, 3.63) is 67.8 Å². The van der Waals surface area contributed by atoms with Crippen LogP contribution in [0.4, 0.5) is 0 Å². The summed E-state index contributed by atoms with van der Waals surface area (Å²) in [5.41, 5.74) is 0. The molecule has 0 amide bonds. The number of benzene rings is 2. The minimum absolute atomic E-state index is 0.0287. The molecule has 2 nitrogen and oxygen atoms in total. The molecule has 0 radical (unpaired) electrons. The van der Waals surface area contributed by atoms with E-state index in [1.165, 1.54) is 20.0 Å². The number of carbonyl (C=O) groups is 1. The molecule has 3 heteroatoms. The van der Waals surface area contributed by atoms with Gasteiger partial charge in [0.05, 0.1) is 0 Å². The number of carboxylic acid groups (broad SMARTS) is 1. The van der Waals surface area contributed by atoms with Crippen molar-refractivity contribution in [2.75, 3.05) is 0 Å². The standard InChI is InChI=1S/C12H10I.C8H16O2/c1-3-7-11(8-4-1)13-12-9-5-2-6-10-12;1-2-3-4-5-6-7-8(9)10/h1-10H;2-7H2,1H3,(H,9,10)/q+1;/p-1. The van der Waals surface area contributed by atoms with Gasteiger partial charge in [0, 0.05) is 5.97 Å². The normalized spacial score (nSPS) is 9.78. The smallest absolute Gasteiger partial charge is 0.357 e. The fraction of sp³-hybridized carbons (Fsp3) is 0.350. The van der Waals surface area contributed by atoms with Crippen molar-refractivity contribution in [3.63, 3.8) is 0 Å². The van der Waals surface area contributed by atoms with E-state index >= 15 is 0 Å². The predicted octanol–water partition coefficient (Wildman–Crippen LogP) is 0.912. The Morgan fingerprint density at radius 1 is 0.826 bits per heavy atom. The van der Waals surface area contributed by atoms with Gasteiger partial charge < -0.3 is 9.90 Å². The number of unbranched alkanes of at least 4 members (excludes halogenated alkanes) is 4. The second-order valence-corrected chi connectivity index (χ2v) is 8.25. The van der Waals surface area contributed by atoms with E-state index in [-0.39, 0.29) is 27.6 Å². The van der Waals surface area contributed by atoms with Crippen LogP contribution >= 0.6 is 0 Å². The van der Waals surface area contributed by atoms with Crippen molar-refractivity contribution in [1.29, 1.82) is 0 Å². The second kappa shape index (κ2) is 13.1. The fourth-order valence-electron chi connectivity index (χ4n) is 1.95. The third-order valence-corrected chi connectivity index (χ3v) is 5.85. The largest absolute Gasteiger partial charge is 0.550 e. The third kappa shape index (κ3) is 10.9. The van der Waals surface area contributed by atoms with Gasteiger partial charge in [-0.05, 0) is 37.1 Å². The van der Waals surface area contributed by atoms with E-state index in [1.807, 2.05) is 0 Å². The zero-order valence-corrected chi connectivity index (χ0v) is 15.9. The number of aliphatic carboxylic acids is 1. The highest BCUT2D eigenvalue weighted by Crippen LogP contribution is 2.03. The van der Waals surface area contributed by atoms with Gasteiger partial charge in [0.1, 0.15) is 0 Å². The zero-order valence-electron chi connectivity index (χ0n) is 13.7. The minimum Gasteiger partial charge on any atom is -0.550 e. The molecule has 0 aliphatic rings. The molecule has 2 rings (SSSR count). The van der Waals surface area contributed by atoms with Crippen LogP contribution in [0.15, 0.2) is 60.7 Å². The van der Waals surface area contributed by atoms with E-state index in [4.69, 9.17) is 0 Å². The Labute approximate surface area is 150 Å². The predicted molar refractivity (Wildman–Crippen MR) is 88.7 cm³/mol. The van der Waals surface area contributed by atoms with Gasteiger partial charge in [-0.2, -0.15) is 0 Å². The lowest BCUT2D eigenvalue weighted by Crippen LogP contribution is -3.61. The van der Waals surface area contributed by atoms with E-state index in [0.29, 0.717) is 0 Å². The Morgan fingerprint density at radius 3 is 1.74 bits per heavy atom. The van der Waals surface area contributed by atoms with Crippen LogP contribution < -0.4 is 26.3 Å². The summed E-state index contributed by atoms with van der Waals surface area (Å²) in [4.78, 5) is 9.92. The fourth-order valence-corrected chi connectivity index (χ4v) is 4.22. The molecular weight excluding hydrogens is 399 g/mol. The molecular formula is C20H25IO2. The Hall–Kier alpha value is -1.36. The Balaban J connectivity index is 0.000000241. The molecule has 2 aromatic rings. The number of carboxylic acids is 1. The maximum absolute atomic E-state index is 9.92. The topological polar surface area (TPSA) is 40.1 Å². The summed E-state index contributed by atoms with van der Waals surface area (Å²) >= 11 is 0.0287. The average molecular weight is 424 g/mol. The molecule has 0 bridgehead atoms. The molecule has 23 heavy (non-hydrogen) atoms. The van der Waals surface area contributed by atoms with E-state index in [2.05, 4.69) is 67.6 Å². The van der Waals surface area contributed by atoms with Gasteiger partial charge in [-0.25, -0.2) is 0 Å². The summed E-state index contributed by atoms with van der Waals surface area (Å²) in [7, 11) is 0. The highest BCUT2D eigenvalue weighted by atomic mass is 127. The maximum atomic E-state index is 9.92. The van der Waals surface area contributed by atoms with Gasteiger partial charge in [0.25, 0.3) is 0 Å². The van der Waals surface area contributed by atoms with Gasteiger partial charge in [-0.3, -0.25) is 0 Å². The zero-order chi connectivity index (χ0) is 16.8. The van der Waals surface area contributed by atoms with E-state index in [9.17, 15) is 9.90 Å². The van der Waals surface area contributed by atoms with E-state index in [0.717, 1.165) is 19.3 Å². The number of rotatable bonds is 8. The lowest BCUT2D eigenvalue weighted by atomic mass is 10.1. The van der Waals surface area contributed by atoms with E-state index < -0.39 is 5.97 Å². The molecule has 0 N–H and O–H groups in total. The number of hydrogen-bond donors (Lipinski definition) is 0. The van der Waals surface area contributed by atoms with Crippen LogP contribution in [-0.4, -0.2) is 5.97 Å². The Morgan fingerprint density at radius 2 is 1.30 bits per heavy atom. The van der Waals surface area contributed by atoms with Crippen LogP contribution in [0.25, 0.3) is 0 Å². The van der Waals surface area contributed by atoms with Gasteiger partial charge in [0.15, 0.2) is 7.14 Å². The number of halogens is 1. The van der Waals surface area contributed by atoms with Gasteiger partial charge in [0.2, 0.25) is 0 Å². The molecule has 124 valence electrons. The van der Waals surface area contributed by atoms with Gasteiger partial charge >= 0.3 is 21.2 Å². The van der Waals surface area contributed by atoms with Gasteiger partial charge in [-0.15, -0.1) is 0 Å². The number of carbonyl (C=O) groups excluding carboxylic acids is 1. The summed E-state index contributed by atoms with van der Waals surface area (Å²) in [6.07, 6.45) is 5.61. The quantitative estimate of drug-likeness (QED) is 0.467. The van der Waals surface area contributed by atoms with Crippen molar-refractivity contribution in [1.82, 2.24) is 0 Å². The van der Waals surface area contributed by atoms with Crippen molar-refractivity contribution >= 4 is 5.97 Å². The van der Waals surface area contributed by atoms with Crippen LogP contribution in [0, 0.1) is 7.14 Å². The van der Waals surface area contributed by atoms with Crippen LogP contribution in [0.5, 0.6) is 0 Å². The molecule has 0 aromatic heterocycles. The second-order valence-electron chi connectivity index (χ2n) is 5.22. The first-order chi connectivity index (χ1) is 11.2. The summed E-state index contributed by atoms with van der Waals surface area (Å²) in [6.45, 7) is 2.14. The SMILES string of the molecule is CCCCCCCC(=O)[O-].c1ccc([I+]c2ccccc2)cc1. The van der Waals surface area contributed by atoms with Crippen LogP contribution in [-0.2, 0) is 4.79 Å². The summed E-state index contributed by atoms with van der Waals surface area (Å²) in [5.74, 6) is -0.920. The van der Waals surface area contributed by atoms with E-state index in [1.54, 1.807) is 0 Å². The molecule has 0 fully saturated rings. The number of hydrogen-bond acceptors (Lipinski definition) is 2. The first-order valence-electron chi connectivity index (χ1n) is 8.17. The van der Waals surface area contributed by atoms with Crippen LogP contribution in [0.1, 0.15) is 45.4 Å². The molecule has 0 saturated carbocycles. The molecule has 0 spiro atoms. The first kappa shape index (κ1) is 19.7.